The van der Waals surface area contributed by atoms with Crippen molar-refractivity contribution in [1.29, 1.82) is 0 Å². The number of nitroso groups, excluding NO2 is 1. The van der Waals surface area contributed by atoms with E-state index in [1.807, 2.05) is 6.92 Å². The third-order valence-electron chi connectivity index (χ3n) is 3.66. The van der Waals surface area contributed by atoms with E-state index in [2.05, 4.69) is 39.3 Å². The van der Waals surface area contributed by atoms with E-state index in [9.17, 15) is 4.91 Å². The topological polar surface area (TPSA) is 48.5 Å². The summed E-state index contributed by atoms with van der Waals surface area (Å²) in [5.41, 5.74) is 3.94. The number of nitrogens with zero attached hydrogens (tertiary/aromatic N) is 2. The number of H-pyrrole nitrogens is 1. The number of para-hydroxylation sites is 1. The molecule has 0 aliphatic carbocycles. The molecule has 18 heavy (non-hydrogen) atoms. The predicted octanol–water partition coefficient (Wildman–Crippen LogP) is 2.68. The SMILES string of the molecule is CC(CN1CCc2c([nH]c3ccccc23)C1)N=O. The van der Waals surface area contributed by atoms with Gasteiger partial charge in [0.05, 0.1) is 0 Å². The second-order valence-electron chi connectivity index (χ2n) is 5.07. The Morgan fingerprint density at radius 1 is 1.44 bits per heavy atom. The maximum Gasteiger partial charge on any atom is 0.102 e. The van der Waals surface area contributed by atoms with Gasteiger partial charge in [0.25, 0.3) is 0 Å². The van der Waals surface area contributed by atoms with Gasteiger partial charge in [0.15, 0.2) is 0 Å². The number of fused-ring (bicyclic) bond motifs is 3. The van der Waals surface area contributed by atoms with E-state index in [0.29, 0.717) is 0 Å². The highest BCUT2D eigenvalue weighted by Crippen LogP contribution is 2.27. The van der Waals surface area contributed by atoms with Gasteiger partial charge in [0.2, 0.25) is 0 Å². The van der Waals surface area contributed by atoms with Gasteiger partial charge in [0.1, 0.15) is 6.04 Å². The lowest BCUT2D eigenvalue weighted by atomic mass is 10.0. The van der Waals surface area contributed by atoms with E-state index in [4.69, 9.17) is 0 Å². The first kappa shape index (κ1) is 11.4. The lowest BCUT2D eigenvalue weighted by molar-refractivity contribution is 0.240. The summed E-state index contributed by atoms with van der Waals surface area (Å²) in [5.74, 6) is 0. The van der Waals surface area contributed by atoms with Crippen LogP contribution in [0.4, 0.5) is 0 Å². The molecule has 1 N–H and O–H groups in total. The highest BCUT2D eigenvalue weighted by molar-refractivity contribution is 5.84. The van der Waals surface area contributed by atoms with E-state index in [1.54, 1.807) is 0 Å². The van der Waals surface area contributed by atoms with Gasteiger partial charge in [-0.3, -0.25) is 4.90 Å². The zero-order chi connectivity index (χ0) is 12.5. The molecule has 0 radical (unpaired) electrons. The van der Waals surface area contributed by atoms with Gasteiger partial charge >= 0.3 is 0 Å². The van der Waals surface area contributed by atoms with Crippen molar-refractivity contribution < 1.29 is 0 Å². The number of aromatic amines is 1. The summed E-state index contributed by atoms with van der Waals surface area (Å²) in [6.07, 6.45) is 1.05. The lowest BCUT2D eigenvalue weighted by Crippen LogP contribution is -2.35. The molecule has 0 amide bonds. The van der Waals surface area contributed by atoms with Crippen molar-refractivity contribution in [3.05, 3.63) is 40.4 Å². The van der Waals surface area contributed by atoms with Crippen LogP contribution < -0.4 is 0 Å². The quantitative estimate of drug-likeness (QED) is 0.842. The monoisotopic (exact) mass is 243 g/mol. The van der Waals surface area contributed by atoms with Gasteiger partial charge < -0.3 is 4.98 Å². The molecule has 1 aromatic heterocycles. The molecule has 0 saturated carbocycles. The van der Waals surface area contributed by atoms with E-state index >= 15 is 0 Å². The first-order valence-electron chi connectivity index (χ1n) is 6.41. The molecule has 4 heteroatoms. The molecule has 2 heterocycles. The van der Waals surface area contributed by atoms with Crippen LogP contribution in [-0.4, -0.2) is 29.0 Å². The number of benzene rings is 1. The molecule has 0 saturated heterocycles. The molecule has 0 fully saturated rings. The van der Waals surface area contributed by atoms with Crippen LogP contribution in [0, 0.1) is 4.91 Å². The van der Waals surface area contributed by atoms with Crippen LogP contribution in [0.1, 0.15) is 18.2 Å². The summed E-state index contributed by atoms with van der Waals surface area (Å²) < 4.78 is 0. The van der Waals surface area contributed by atoms with Gasteiger partial charge in [0, 0.05) is 36.2 Å². The number of hydrogen-bond acceptors (Lipinski definition) is 3. The standard InChI is InChI=1S/C14H17N3O/c1-10(16-18)8-17-7-6-12-11-4-2-3-5-13(11)15-14(12)9-17/h2-5,10,15H,6-9H2,1H3. The van der Waals surface area contributed by atoms with Crippen molar-refractivity contribution in [1.82, 2.24) is 9.88 Å². The maximum absolute atomic E-state index is 10.5. The Bertz CT molecular complexity index is 575. The summed E-state index contributed by atoms with van der Waals surface area (Å²) in [6.45, 7) is 4.52. The fraction of sp³-hybridized carbons (Fsp3) is 0.429. The van der Waals surface area contributed by atoms with Gasteiger partial charge in [-0.15, -0.1) is 0 Å². The lowest BCUT2D eigenvalue weighted by Gasteiger charge is -2.27. The van der Waals surface area contributed by atoms with Gasteiger partial charge in [-0.1, -0.05) is 23.4 Å². The fourth-order valence-corrected chi connectivity index (χ4v) is 2.81. The smallest absolute Gasteiger partial charge is 0.102 e. The molecule has 2 aromatic rings. The molecule has 1 aliphatic rings. The summed E-state index contributed by atoms with van der Waals surface area (Å²) in [6, 6.07) is 8.31. The van der Waals surface area contributed by atoms with Crippen molar-refractivity contribution in [2.45, 2.75) is 25.9 Å². The average Bonchev–Trinajstić information content (AvgIpc) is 2.76. The summed E-state index contributed by atoms with van der Waals surface area (Å²) >= 11 is 0. The number of rotatable bonds is 3. The zero-order valence-electron chi connectivity index (χ0n) is 10.5. The molecule has 1 aliphatic heterocycles. The fourth-order valence-electron chi connectivity index (χ4n) is 2.81. The Morgan fingerprint density at radius 3 is 3.11 bits per heavy atom. The van der Waals surface area contributed by atoms with Crippen LogP contribution in [0.2, 0.25) is 0 Å². The van der Waals surface area contributed by atoms with E-state index in [1.165, 1.54) is 22.2 Å². The Morgan fingerprint density at radius 2 is 2.28 bits per heavy atom. The Kier molecular flexibility index (Phi) is 2.88. The van der Waals surface area contributed by atoms with Crippen LogP contribution >= 0.6 is 0 Å². The molecule has 1 unspecified atom stereocenters. The van der Waals surface area contributed by atoms with Gasteiger partial charge in [-0.25, -0.2) is 0 Å². The number of aromatic nitrogens is 1. The molecular weight excluding hydrogens is 226 g/mol. The molecule has 94 valence electrons. The Balaban J connectivity index is 1.87. The molecule has 0 spiro atoms. The second kappa shape index (κ2) is 4.53. The van der Waals surface area contributed by atoms with E-state index < -0.39 is 0 Å². The summed E-state index contributed by atoms with van der Waals surface area (Å²) in [4.78, 5) is 16.3. The van der Waals surface area contributed by atoms with Crippen LogP contribution in [0.25, 0.3) is 10.9 Å². The predicted molar refractivity (Wildman–Crippen MR) is 72.5 cm³/mol. The third-order valence-corrected chi connectivity index (χ3v) is 3.66. The second-order valence-corrected chi connectivity index (χ2v) is 5.07. The van der Waals surface area contributed by atoms with Crippen molar-refractivity contribution in [3.63, 3.8) is 0 Å². The van der Waals surface area contributed by atoms with Crippen LogP contribution in [0.15, 0.2) is 29.4 Å². The molecule has 3 rings (SSSR count). The minimum absolute atomic E-state index is 0.129. The number of nitrogens with one attached hydrogen (secondary N) is 1. The molecule has 4 nitrogen and oxygen atoms in total. The molecule has 1 atom stereocenters. The first-order chi connectivity index (χ1) is 8.78. The van der Waals surface area contributed by atoms with Crippen molar-refractivity contribution in [2.75, 3.05) is 13.1 Å². The largest absolute Gasteiger partial charge is 0.357 e. The van der Waals surface area contributed by atoms with Crippen LogP contribution in [0.3, 0.4) is 0 Å². The van der Waals surface area contributed by atoms with Crippen molar-refractivity contribution >= 4 is 10.9 Å². The van der Waals surface area contributed by atoms with Crippen LogP contribution in [0.5, 0.6) is 0 Å². The maximum atomic E-state index is 10.5. The van der Waals surface area contributed by atoms with Crippen LogP contribution in [-0.2, 0) is 13.0 Å². The minimum atomic E-state index is -0.129. The van der Waals surface area contributed by atoms with E-state index in [0.717, 1.165) is 26.1 Å². The summed E-state index contributed by atoms with van der Waals surface area (Å²) in [7, 11) is 0. The first-order valence-corrected chi connectivity index (χ1v) is 6.41. The average molecular weight is 243 g/mol. The van der Waals surface area contributed by atoms with Crippen molar-refractivity contribution in [2.24, 2.45) is 5.18 Å². The highest BCUT2D eigenvalue weighted by atomic mass is 16.3. The van der Waals surface area contributed by atoms with Gasteiger partial charge in [-0.05, 0) is 25.0 Å². The zero-order valence-corrected chi connectivity index (χ0v) is 10.5. The molecule has 0 bridgehead atoms. The molecule has 1 aromatic carbocycles. The Labute approximate surface area is 106 Å². The highest BCUT2D eigenvalue weighted by Gasteiger charge is 2.21. The minimum Gasteiger partial charge on any atom is -0.357 e. The van der Waals surface area contributed by atoms with Crippen molar-refractivity contribution in [3.8, 4) is 0 Å². The Hall–Kier alpha value is -1.68. The molecular formula is C14H17N3O. The number of hydrogen-bond donors (Lipinski definition) is 1. The normalized spacial score (nSPS) is 17.6. The third kappa shape index (κ3) is 1.93. The summed E-state index contributed by atoms with van der Waals surface area (Å²) in [5, 5.41) is 4.42. The van der Waals surface area contributed by atoms with E-state index in [-0.39, 0.29) is 6.04 Å². The van der Waals surface area contributed by atoms with Gasteiger partial charge in [-0.2, -0.15) is 4.91 Å².